The van der Waals surface area contributed by atoms with Gasteiger partial charge >= 0.3 is 6.09 Å². The molecule has 0 aromatic heterocycles. The fourth-order valence-electron chi connectivity index (χ4n) is 1.85. The number of benzene rings is 1. The Morgan fingerprint density at radius 1 is 1.43 bits per heavy atom. The zero-order valence-corrected chi connectivity index (χ0v) is 13.6. The van der Waals surface area contributed by atoms with Crippen molar-refractivity contribution in [3.63, 3.8) is 0 Å². The van der Waals surface area contributed by atoms with E-state index in [-0.39, 0.29) is 17.9 Å². The number of phenolic OH excluding ortho intramolecular Hbond substituents is 1. The smallest absolute Gasteiger partial charge is 0.410 e. The van der Waals surface area contributed by atoms with Crippen molar-refractivity contribution in [2.75, 3.05) is 26.7 Å². The highest BCUT2D eigenvalue weighted by Crippen LogP contribution is 2.25. The first-order chi connectivity index (χ1) is 9.97. The van der Waals surface area contributed by atoms with E-state index < -0.39 is 0 Å². The maximum atomic E-state index is 11.1. The van der Waals surface area contributed by atoms with Gasteiger partial charge in [-0.05, 0) is 31.7 Å². The van der Waals surface area contributed by atoms with Gasteiger partial charge in [-0.3, -0.25) is 0 Å². The standard InChI is InChI=1S/C8H16N2O2.C6H4Cl2O/c1-3-4-10-6-7(5-9-2)12-8(10)11;7-5-2-1-4(9)3-6(5)8/h7,9H,3-6H2,1-2H3;1-3,9H. The van der Waals surface area contributed by atoms with Gasteiger partial charge in [0.2, 0.25) is 0 Å². The summed E-state index contributed by atoms with van der Waals surface area (Å²) in [5.41, 5.74) is 0. The van der Waals surface area contributed by atoms with Gasteiger partial charge in [-0.25, -0.2) is 4.79 Å². The van der Waals surface area contributed by atoms with Crippen molar-refractivity contribution in [3.05, 3.63) is 28.2 Å². The molecular weight excluding hydrogens is 315 g/mol. The molecule has 1 aliphatic rings. The number of cyclic esters (lactones) is 1. The Morgan fingerprint density at radius 3 is 2.67 bits per heavy atom. The molecule has 1 fully saturated rings. The first kappa shape index (κ1) is 17.9. The molecule has 2 N–H and O–H groups in total. The minimum absolute atomic E-state index is 0.0362. The van der Waals surface area contributed by atoms with Gasteiger partial charge in [-0.2, -0.15) is 0 Å². The predicted octanol–water partition coefficient (Wildman–Crippen LogP) is 3.14. The van der Waals surface area contributed by atoms with E-state index in [1.807, 2.05) is 7.05 Å². The summed E-state index contributed by atoms with van der Waals surface area (Å²) in [5.74, 6) is 0.129. The molecule has 1 aromatic rings. The summed E-state index contributed by atoms with van der Waals surface area (Å²) in [4.78, 5) is 12.9. The van der Waals surface area contributed by atoms with Crippen LogP contribution in [-0.2, 0) is 4.74 Å². The number of aromatic hydroxyl groups is 1. The minimum atomic E-state index is -0.169. The molecule has 0 bridgehead atoms. The van der Waals surface area contributed by atoms with Gasteiger partial charge in [0.05, 0.1) is 16.6 Å². The van der Waals surface area contributed by atoms with Crippen molar-refractivity contribution in [3.8, 4) is 5.75 Å². The zero-order valence-electron chi connectivity index (χ0n) is 12.1. The number of nitrogens with zero attached hydrogens (tertiary/aromatic N) is 1. The number of hydrogen-bond donors (Lipinski definition) is 2. The van der Waals surface area contributed by atoms with Crippen LogP contribution in [0.3, 0.4) is 0 Å². The third kappa shape index (κ3) is 5.99. The Kier molecular flexibility index (Phi) is 7.64. The molecule has 7 heteroatoms. The van der Waals surface area contributed by atoms with Crippen LogP contribution in [0, 0.1) is 0 Å². The average Bonchev–Trinajstić information content (AvgIpc) is 2.76. The van der Waals surface area contributed by atoms with Crippen molar-refractivity contribution < 1.29 is 14.6 Å². The molecule has 1 aromatic carbocycles. The monoisotopic (exact) mass is 334 g/mol. The molecule has 1 unspecified atom stereocenters. The van der Waals surface area contributed by atoms with Crippen molar-refractivity contribution in [1.29, 1.82) is 0 Å². The van der Waals surface area contributed by atoms with Crippen LogP contribution in [0.25, 0.3) is 0 Å². The van der Waals surface area contributed by atoms with E-state index in [9.17, 15) is 4.79 Å². The lowest BCUT2D eigenvalue weighted by atomic mass is 10.3. The maximum absolute atomic E-state index is 11.1. The number of nitrogens with one attached hydrogen (secondary N) is 1. The van der Waals surface area contributed by atoms with E-state index in [0.717, 1.165) is 26.1 Å². The molecule has 1 saturated heterocycles. The lowest BCUT2D eigenvalue weighted by molar-refractivity contribution is 0.132. The Hall–Kier alpha value is -1.17. The molecule has 2 rings (SSSR count). The van der Waals surface area contributed by atoms with Crippen LogP contribution in [0.15, 0.2) is 18.2 Å². The summed E-state index contributed by atoms with van der Waals surface area (Å²) in [6.07, 6.45) is 0.854. The van der Waals surface area contributed by atoms with Crippen LogP contribution in [0.2, 0.25) is 10.0 Å². The quantitative estimate of drug-likeness (QED) is 0.887. The summed E-state index contributed by atoms with van der Waals surface area (Å²) in [7, 11) is 1.86. The Balaban J connectivity index is 0.000000219. The minimum Gasteiger partial charge on any atom is -0.508 e. The van der Waals surface area contributed by atoms with Crippen molar-refractivity contribution in [2.24, 2.45) is 0 Å². The lowest BCUT2D eigenvalue weighted by Crippen LogP contribution is -2.29. The number of carbonyl (C=O) groups is 1. The van der Waals surface area contributed by atoms with Crippen LogP contribution in [0.5, 0.6) is 5.75 Å². The highest BCUT2D eigenvalue weighted by Gasteiger charge is 2.29. The normalized spacial score (nSPS) is 17.2. The van der Waals surface area contributed by atoms with Gasteiger partial charge in [0.25, 0.3) is 0 Å². The Morgan fingerprint density at radius 2 is 2.14 bits per heavy atom. The second-order valence-electron chi connectivity index (χ2n) is 4.61. The molecule has 5 nitrogen and oxygen atoms in total. The summed E-state index contributed by atoms with van der Waals surface area (Å²) in [5, 5.41) is 12.6. The molecule has 118 valence electrons. The molecule has 1 heterocycles. The molecular formula is C14H20Cl2N2O3. The fourth-order valence-corrected chi connectivity index (χ4v) is 2.14. The fraction of sp³-hybridized carbons (Fsp3) is 0.500. The zero-order chi connectivity index (χ0) is 15.8. The summed E-state index contributed by atoms with van der Waals surface area (Å²) in [6.45, 7) is 4.33. The van der Waals surface area contributed by atoms with E-state index in [4.69, 9.17) is 33.0 Å². The van der Waals surface area contributed by atoms with Gasteiger partial charge in [0.15, 0.2) is 0 Å². The Labute approximate surface area is 134 Å². The Bertz CT molecular complexity index is 472. The van der Waals surface area contributed by atoms with Gasteiger partial charge in [0.1, 0.15) is 11.9 Å². The number of likely N-dealkylation sites (N-methyl/N-ethyl adjacent to an activating group) is 1. The number of rotatable bonds is 4. The highest BCUT2D eigenvalue weighted by atomic mass is 35.5. The van der Waals surface area contributed by atoms with Crippen molar-refractivity contribution >= 4 is 29.3 Å². The number of halogens is 2. The molecule has 1 atom stereocenters. The van der Waals surface area contributed by atoms with Gasteiger partial charge < -0.3 is 20.1 Å². The van der Waals surface area contributed by atoms with Crippen molar-refractivity contribution in [1.82, 2.24) is 10.2 Å². The van der Waals surface area contributed by atoms with Gasteiger partial charge in [-0.1, -0.05) is 30.1 Å². The van der Waals surface area contributed by atoms with Crippen LogP contribution < -0.4 is 5.32 Å². The summed E-state index contributed by atoms with van der Waals surface area (Å²) < 4.78 is 5.09. The van der Waals surface area contributed by atoms with E-state index in [1.165, 1.54) is 12.1 Å². The number of hydrogen-bond acceptors (Lipinski definition) is 4. The molecule has 0 radical (unpaired) electrons. The topological polar surface area (TPSA) is 61.8 Å². The van der Waals surface area contributed by atoms with E-state index in [2.05, 4.69) is 12.2 Å². The first-order valence-corrected chi connectivity index (χ1v) is 7.47. The number of phenols is 1. The second-order valence-corrected chi connectivity index (χ2v) is 5.42. The second kappa shape index (κ2) is 8.97. The highest BCUT2D eigenvalue weighted by molar-refractivity contribution is 6.42. The average molecular weight is 335 g/mol. The lowest BCUT2D eigenvalue weighted by Gasteiger charge is -2.10. The molecule has 0 spiro atoms. The molecule has 1 aliphatic heterocycles. The predicted molar refractivity (Wildman–Crippen MR) is 84.2 cm³/mol. The van der Waals surface area contributed by atoms with Crippen molar-refractivity contribution in [2.45, 2.75) is 19.4 Å². The summed E-state index contributed by atoms with van der Waals surface area (Å²) >= 11 is 11.1. The third-order valence-electron chi connectivity index (χ3n) is 2.78. The number of ether oxygens (including phenoxy) is 1. The molecule has 21 heavy (non-hydrogen) atoms. The largest absolute Gasteiger partial charge is 0.508 e. The SMILES string of the molecule is CCCN1CC(CNC)OC1=O.Oc1ccc(Cl)c(Cl)c1. The van der Waals surface area contributed by atoms with Crippen LogP contribution in [0.4, 0.5) is 4.79 Å². The van der Waals surface area contributed by atoms with E-state index >= 15 is 0 Å². The van der Waals surface area contributed by atoms with Gasteiger partial charge in [0, 0.05) is 13.1 Å². The molecule has 1 amide bonds. The summed E-state index contributed by atoms with van der Waals surface area (Å²) in [6, 6.07) is 4.41. The number of carbonyl (C=O) groups excluding carboxylic acids is 1. The third-order valence-corrected chi connectivity index (χ3v) is 3.52. The van der Waals surface area contributed by atoms with Crippen LogP contribution in [0.1, 0.15) is 13.3 Å². The maximum Gasteiger partial charge on any atom is 0.410 e. The van der Waals surface area contributed by atoms with Gasteiger partial charge in [-0.15, -0.1) is 0 Å². The van der Waals surface area contributed by atoms with E-state index in [1.54, 1.807) is 11.0 Å². The molecule has 0 saturated carbocycles. The first-order valence-electron chi connectivity index (χ1n) is 6.72. The number of amides is 1. The van der Waals surface area contributed by atoms with Crippen LogP contribution >= 0.6 is 23.2 Å². The van der Waals surface area contributed by atoms with Crippen LogP contribution in [-0.4, -0.2) is 48.9 Å². The van der Waals surface area contributed by atoms with E-state index in [0.29, 0.717) is 10.0 Å². The molecule has 0 aliphatic carbocycles.